The van der Waals surface area contributed by atoms with Crippen molar-refractivity contribution in [1.82, 2.24) is 9.62 Å². The van der Waals surface area contributed by atoms with Gasteiger partial charge in [-0.05, 0) is 30.9 Å². The van der Waals surface area contributed by atoms with Crippen LogP contribution in [0.25, 0.3) is 0 Å². The first-order valence-corrected chi connectivity index (χ1v) is 9.91. The molecule has 1 aliphatic rings. The van der Waals surface area contributed by atoms with E-state index in [-0.39, 0.29) is 17.6 Å². The van der Waals surface area contributed by atoms with Crippen LogP contribution >= 0.6 is 11.6 Å². The van der Waals surface area contributed by atoms with Gasteiger partial charge in [-0.2, -0.15) is 0 Å². The van der Waals surface area contributed by atoms with Gasteiger partial charge in [0.2, 0.25) is 15.9 Å². The van der Waals surface area contributed by atoms with Crippen LogP contribution in [0.15, 0.2) is 24.3 Å². The van der Waals surface area contributed by atoms with Crippen molar-refractivity contribution in [2.24, 2.45) is 5.92 Å². The second-order valence-corrected chi connectivity index (χ2v) is 8.19. The van der Waals surface area contributed by atoms with E-state index in [1.165, 1.54) is 4.31 Å². The first kappa shape index (κ1) is 18.2. The molecule has 1 N–H and O–H groups in total. The van der Waals surface area contributed by atoms with Gasteiger partial charge in [-0.3, -0.25) is 4.79 Å². The van der Waals surface area contributed by atoms with Crippen LogP contribution in [0, 0.1) is 5.92 Å². The average molecular weight is 359 g/mol. The molecule has 5 nitrogen and oxygen atoms in total. The first-order chi connectivity index (χ1) is 10.9. The predicted octanol–water partition coefficient (Wildman–Crippen LogP) is 2.41. The minimum absolute atomic E-state index is 0.0370. The summed E-state index contributed by atoms with van der Waals surface area (Å²) in [4.78, 5) is 12.0. The van der Waals surface area contributed by atoms with Gasteiger partial charge in [0.25, 0.3) is 0 Å². The van der Waals surface area contributed by atoms with Crippen molar-refractivity contribution in [3.05, 3.63) is 34.9 Å². The summed E-state index contributed by atoms with van der Waals surface area (Å²) < 4.78 is 26.5. The third-order valence-electron chi connectivity index (χ3n) is 4.06. The summed E-state index contributed by atoms with van der Waals surface area (Å²) in [7, 11) is -3.41. The van der Waals surface area contributed by atoms with Crippen molar-refractivity contribution >= 4 is 27.5 Å². The van der Waals surface area contributed by atoms with Crippen LogP contribution in [-0.2, 0) is 20.6 Å². The summed E-state index contributed by atoms with van der Waals surface area (Å²) >= 11 is 6.05. The van der Waals surface area contributed by atoms with E-state index in [0.717, 1.165) is 6.42 Å². The molecule has 7 heteroatoms. The molecule has 1 aliphatic heterocycles. The summed E-state index contributed by atoms with van der Waals surface area (Å²) in [6.45, 7) is 3.45. The number of carbonyl (C=O) groups excluding carboxylic acids is 1. The Morgan fingerprint density at radius 1 is 1.30 bits per heavy atom. The van der Waals surface area contributed by atoms with E-state index < -0.39 is 10.0 Å². The number of benzene rings is 1. The van der Waals surface area contributed by atoms with Gasteiger partial charge in [0.15, 0.2) is 0 Å². The second-order valence-electron chi connectivity index (χ2n) is 5.81. The topological polar surface area (TPSA) is 66.5 Å². The molecular weight excluding hydrogens is 336 g/mol. The highest BCUT2D eigenvalue weighted by atomic mass is 35.5. The number of carbonyl (C=O) groups is 1. The fourth-order valence-corrected chi connectivity index (χ4v) is 4.57. The maximum absolute atomic E-state index is 12.5. The lowest BCUT2D eigenvalue weighted by atomic mass is 9.97. The van der Waals surface area contributed by atoms with E-state index >= 15 is 0 Å². The highest BCUT2D eigenvalue weighted by Crippen LogP contribution is 2.24. The van der Waals surface area contributed by atoms with Gasteiger partial charge in [0.05, 0.1) is 5.75 Å². The highest BCUT2D eigenvalue weighted by molar-refractivity contribution is 7.88. The number of nitrogens with zero attached hydrogens (tertiary/aromatic N) is 1. The van der Waals surface area contributed by atoms with Crippen LogP contribution in [0.2, 0.25) is 5.02 Å². The zero-order valence-corrected chi connectivity index (χ0v) is 14.9. The highest BCUT2D eigenvalue weighted by Gasteiger charge is 2.31. The largest absolute Gasteiger partial charge is 0.356 e. The molecule has 1 fully saturated rings. The van der Waals surface area contributed by atoms with Gasteiger partial charge < -0.3 is 5.32 Å². The van der Waals surface area contributed by atoms with Crippen LogP contribution in [0.4, 0.5) is 0 Å². The molecule has 0 spiro atoms. The second kappa shape index (κ2) is 8.13. The third-order valence-corrected chi connectivity index (χ3v) is 6.26. The number of piperidine rings is 1. The minimum atomic E-state index is -3.41. The molecule has 23 heavy (non-hydrogen) atoms. The molecule has 1 heterocycles. The maximum atomic E-state index is 12.5. The monoisotopic (exact) mass is 358 g/mol. The van der Waals surface area contributed by atoms with Crippen LogP contribution in [-0.4, -0.2) is 38.3 Å². The van der Waals surface area contributed by atoms with Crippen LogP contribution in [0.1, 0.15) is 31.7 Å². The lowest BCUT2D eigenvalue weighted by Crippen LogP contribution is -2.43. The van der Waals surface area contributed by atoms with E-state index in [2.05, 4.69) is 5.32 Å². The number of sulfonamides is 1. The van der Waals surface area contributed by atoms with Gasteiger partial charge in [-0.15, -0.1) is 0 Å². The maximum Gasteiger partial charge on any atom is 0.223 e. The number of nitrogens with one attached hydrogen (secondary N) is 1. The molecule has 0 aliphatic carbocycles. The van der Waals surface area contributed by atoms with E-state index in [4.69, 9.17) is 11.6 Å². The van der Waals surface area contributed by atoms with E-state index in [0.29, 0.717) is 43.1 Å². The van der Waals surface area contributed by atoms with E-state index in [9.17, 15) is 13.2 Å². The molecule has 1 aromatic carbocycles. The Kier molecular flexibility index (Phi) is 6.44. The normalized spacial score (nSPS) is 17.1. The van der Waals surface area contributed by atoms with Gasteiger partial charge >= 0.3 is 0 Å². The Balaban J connectivity index is 1.93. The Morgan fingerprint density at radius 2 is 1.96 bits per heavy atom. The fourth-order valence-electron chi connectivity index (χ4n) is 2.69. The van der Waals surface area contributed by atoms with Crippen LogP contribution < -0.4 is 5.32 Å². The molecule has 0 saturated carbocycles. The first-order valence-electron chi connectivity index (χ1n) is 7.93. The number of amides is 1. The van der Waals surface area contributed by atoms with Crippen LogP contribution in [0.3, 0.4) is 0 Å². The summed E-state index contributed by atoms with van der Waals surface area (Å²) in [5.41, 5.74) is 0.608. The summed E-state index contributed by atoms with van der Waals surface area (Å²) in [6, 6.07) is 6.97. The molecule has 0 aromatic heterocycles. The van der Waals surface area contributed by atoms with Gasteiger partial charge in [0.1, 0.15) is 0 Å². The lowest BCUT2D eigenvalue weighted by molar-refractivity contribution is -0.126. The minimum Gasteiger partial charge on any atom is -0.356 e. The van der Waals surface area contributed by atoms with Gasteiger partial charge in [-0.1, -0.05) is 36.7 Å². The smallest absolute Gasteiger partial charge is 0.223 e. The molecule has 1 aromatic rings. The van der Waals surface area contributed by atoms with Crippen molar-refractivity contribution in [3.8, 4) is 0 Å². The number of rotatable bonds is 6. The lowest BCUT2D eigenvalue weighted by Gasteiger charge is -2.30. The van der Waals surface area contributed by atoms with Crippen molar-refractivity contribution in [2.45, 2.75) is 31.9 Å². The Hall–Kier alpha value is -1.11. The SMILES string of the molecule is CCCNC(=O)C1CCN(S(=O)(=O)Cc2ccccc2Cl)CC1. The van der Waals surface area contributed by atoms with E-state index in [1.807, 2.05) is 6.92 Å². The summed E-state index contributed by atoms with van der Waals surface area (Å²) in [5.74, 6) is -0.150. The zero-order chi connectivity index (χ0) is 16.9. The quantitative estimate of drug-likeness (QED) is 0.849. The molecular formula is C16H23ClN2O3S. The Labute approximate surface area is 143 Å². The molecule has 2 rings (SSSR count). The zero-order valence-electron chi connectivity index (χ0n) is 13.3. The summed E-state index contributed by atoms with van der Waals surface area (Å²) in [5, 5.41) is 3.34. The van der Waals surface area contributed by atoms with E-state index in [1.54, 1.807) is 24.3 Å². The standard InChI is InChI=1S/C16H23ClN2O3S/c1-2-9-18-16(20)13-7-10-19(11-8-13)23(21,22)12-14-5-3-4-6-15(14)17/h3-6,13H,2,7-12H2,1H3,(H,18,20). The Morgan fingerprint density at radius 3 is 2.57 bits per heavy atom. The fraction of sp³-hybridized carbons (Fsp3) is 0.562. The third kappa shape index (κ3) is 4.93. The molecule has 1 amide bonds. The van der Waals surface area contributed by atoms with Crippen molar-refractivity contribution < 1.29 is 13.2 Å². The molecule has 128 valence electrons. The molecule has 1 saturated heterocycles. The molecule has 0 atom stereocenters. The molecule has 0 unspecified atom stereocenters. The number of halogens is 1. The summed E-state index contributed by atoms with van der Waals surface area (Å²) in [6.07, 6.45) is 2.03. The van der Waals surface area contributed by atoms with Crippen LogP contribution in [0.5, 0.6) is 0 Å². The average Bonchev–Trinajstić information content (AvgIpc) is 2.55. The number of hydrogen-bond donors (Lipinski definition) is 1. The van der Waals surface area contributed by atoms with Gasteiger partial charge in [0, 0.05) is 30.6 Å². The molecule has 0 bridgehead atoms. The Bertz CT molecular complexity index is 640. The van der Waals surface area contributed by atoms with Crippen molar-refractivity contribution in [1.29, 1.82) is 0 Å². The van der Waals surface area contributed by atoms with Crippen molar-refractivity contribution in [3.63, 3.8) is 0 Å². The molecule has 0 radical (unpaired) electrons. The van der Waals surface area contributed by atoms with Crippen molar-refractivity contribution in [2.75, 3.05) is 19.6 Å². The van der Waals surface area contributed by atoms with Gasteiger partial charge in [-0.25, -0.2) is 12.7 Å². The predicted molar refractivity (Wildman–Crippen MR) is 91.7 cm³/mol. The number of hydrogen-bond acceptors (Lipinski definition) is 3.